The van der Waals surface area contributed by atoms with Crippen LogP contribution in [0.2, 0.25) is 0 Å². The highest BCUT2D eigenvalue weighted by Crippen LogP contribution is 2.44. The Balaban J connectivity index is 1.21. The van der Waals surface area contributed by atoms with Crippen LogP contribution in [0, 0.1) is 0 Å². The average Bonchev–Trinajstić information content (AvgIpc) is 3.55. The van der Waals surface area contributed by atoms with Crippen LogP contribution >= 0.6 is 0 Å². The Morgan fingerprint density at radius 3 is 2.14 bits per heavy atom. The molecule has 8 nitrogen and oxygen atoms in total. The van der Waals surface area contributed by atoms with Crippen LogP contribution in [0.25, 0.3) is 22.2 Å². The van der Waals surface area contributed by atoms with Crippen molar-refractivity contribution in [2.45, 2.75) is 44.8 Å². The lowest BCUT2D eigenvalue weighted by Crippen LogP contribution is -2.45. The minimum Gasteiger partial charge on any atom is -0.488 e. The van der Waals surface area contributed by atoms with E-state index in [9.17, 15) is 9.59 Å². The van der Waals surface area contributed by atoms with Crippen molar-refractivity contribution in [1.29, 1.82) is 0 Å². The van der Waals surface area contributed by atoms with Crippen molar-refractivity contribution in [2.75, 3.05) is 6.61 Å². The number of hydrogen-bond donors (Lipinski definition) is 1. The van der Waals surface area contributed by atoms with E-state index in [0.717, 1.165) is 33.6 Å². The van der Waals surface area contributed by atoms with E-state index in [1.807, 2.05) is 81.4 Å². The number of hydrogen-bond acceptors (Lipinski definition) is 6. The molecule has 0 aliphatic heterocycles. The summed E-state index contributed by atoms with van der Waals surface area (Å²) >= 11 is 0. The van der Waals surface area contributed by atoms with Gasteiger partial charge < -0.3 is 14.8 Å². The van der Waals surface area contributed by atoms with Crippen molar-refractivity contribution in [2.24, 2.45) is 0 Å². The van der Waals surface area contributed by atoms with Gasteiger partial charge in [-0.1, -0.05) is 78.0 Å². The smallest absolute Gasteiger partial charge is 0.407 e. The Morgan fingerprint density at radius 2 is 1.48 bits per heavy atom. The van der Waals surface area contributed by atoms with Gasteiger partial charge in [-0.2, -0.15) is 4.68 Å². The summed E-state index contributed by atoms with van der Waals surface area (Å²) in [5.41, 5.74) is 6.19. The fourth-order valence-corrected chi connectivity index (χ4v) is 5.44. The second-order valence-electron chi connectivity index (χ2n) is 11.4. The van der Waals surface area contributed by atoms with Crippen molar-refractivity contribution in [3.8, 4) is 16.9 Å². The van der Waals surface area contributed by atoms with Crippen LogP contribution in [-0.4, -0.2) is 45.2 Å². The first-order chi connectivity index (χ1) is 20.3. The lowest BCUT2D eigenvalue weighted by Gasteiger charge is -2.22. The van der Waals surface area contributed by atoms with E-state index >= 15 is 0 Å². The van der Waals surface area contributed by atoms with Crippen molar-refractivity contribution < 1.29 is 19.1 Å². The summed E-state index contributed by atoms with van der Waals surface area (Å²) in [4.78, 5) is 27.0. The monoisotopic (exact) mass is 560 g/mol. The molecule has 0 spiro atoms. The summed E-state index contributed by atoms with van der Waals surface area (Å²) < 4.78 is 12.9. The number of nitrogens with zero attached hydrogens (tertiary/aromatic N) is 3. The molecule has 1 N–H and O–H groups in total. The zero-order valence-corrected chi connectivity index (χ0v) is 23.8. The van der Waals surface area contributed by atoms with E-state index in [2.05, 4.69) is 39.9 Å². The molecule has 0 saturated carbocycles. The molecule has 212 valence electrons. The van der Waals surface area contributed by atoms with Gasteiger partial charge in [-0.25, -0.2) is 4.79 Å². The van der Waals surface area contributed by atoms with E-state index in [-0.39, 0.29) is 24.5 Å². The molecule has 1 aliphatic carbocycles. The van der Waals surface area contributed by atoms with Crippen molar-refractivity contribution in [1.82, 2.24) is 20.3 Å². The van der Waals surface area contributed by atoms with E-state index in [1.165, 1.54) is 4.68 Å². The largest absolute Gasteiger partial charge is 0.488 e. The molecule has 6 rings (SSSR count). The molecule has 0 unspecified atom stereocenters. The molecule has 5 aromatic rings. The average molecular weight is 561 g/mol. The van der Waals surface area contributed by atoms with Crippen LogP contribution in [0.5, 0.6) is 5.75 Å². The van der Waals surface area contributed by atoms with Gasteiger partial charge in [0.2, 0.25) is 0 Å². The Hall–Kier alpha value is -4.98. The van der Waals surface area contributed by atoms with E-state index in [1.54, 1.807) is 12.1 Å². The van der Waals surface area contributed by atoms with Gasteiger partial charge in [0.15, 0.2) is 0 Å². The number of alkyl carbamates (subject to hydrolysis) is 1. The zero-order valence-electron chi connectivity index (χ0n) is 23.8. The fourth-order valence-electron chi connectivity index (χ4n) is 5.44. The van der Waals surface area contributed by atoms with Gasteiger partial charge in [0.05, 0.1) is 5.52 Å². The molecule has 0 bridgehead atoms. The van der Waals surface area contributed by atoms with E-state index in [4.69, 9.17) is 9.47 Å². The number of para-hydroxylation sites is 1. The molecule has 42 heavy (non-hydrogen) atoms. The lowest BCUT2D eigenvalue weighted by atomic mass is 9.98. The molecule has 0 radical (unpaired) electrons. The summed E-state index contributed by atoms with van der Waals surface area (Å²) in [5.74, 6) is 0.222. The summed E-state index contributed by atoms with van der Waals surface area (Å²) in [7, 11) is 0. The van der Waals surface area contributed by atoms with Gasteiger partial charge >= 0.3 is 6.09 Å². The van der Waals surface area contributed by atoms with Crippen LogP contribution in [0.4, 0.5) is 4.79 Å². The van der Waals surface area contributed by atoms with Gasteiger partial charge in [0, 0.05) is 12.3 Å². The number of amides is 1. The molecule has 0 saturated heterocycles. The zero-order chi connectivity index (χ0) is 29.3. The van der Waals surface area contributed by atoms with Gasteiger partial charge in [-0.3, -0.25) is 4.79 Å². The molecule has 1 atom stereocenters. The second kappa shape index (κ2) is 11.1. The summed E-state index contributed by atoms with van der Waals surface area (Å²) in [6, 6.07) is 30.1. The maximum atomic E-state index is 13.8. The number of ether oxygens (including phenoxy) is 2. The van der Waals surface area contributed by atoms with Crippen LogP contribution in [-0.2, 0) is 11.2 Å². The van der Waals surface area contributed by atoms with Crippen LogP contribution in [0.1, 0.15) is 48.2 Å². The minimum absolute atomic E-state index is 0.0908. The summed E-state index contributed by atoms with van der Waals surface area (Å²) in [5, 5.41) is 11.0. The molecule has 4 aromatic carbocycles. The predicted molar refractivity (Wildman–Crippen MR) is 161 cm³/mol. The molecule has 1 aromatic heterocycles. The van der Waals surface area contributed by atoms with Crippen LogP contribution < -0.4 is 10.1 Å². The molecule has 1 aliphatic rings. The van der Waals surface area contributed by atoms with E-state index in [0.29, 0.717) is 11.0 Å². The SMILES string of the molecule is CC(C)(C)Oc1ccc(C[C@@H](NC(=O)OCC2c3ccccc3-c3ccccc32)C(=O)n2nnc3ccccc32)cc1. The lowest BCUT2D eigenvalue weighted by molar-refractivity contribution is 0.0826. The third kappa shape index (κ3) is 5.61. The maximum absolute atomic E-state index is 13.8. The van der Waals surface area contributed by atoms with Gasteiger partial charge in [-0.15, -0.1) is 5.10 Å². The maximum Gasteiger partial charge on any atom is 0.407 e. The van der Waals surface area contributed by atoms with Crippen LogP contribution in [0.3, 0.4) is 0 Å². The summed E-state index contributed by atoms with van der Waals surface area (Å²) in [6.07, 6.45) is -0.445. The van der Waals surface area contributed by atoms with Gasteiger partial charge in [0.1, 0.15) is 29.5 Å². The normalized spacial score (nSPS) is 13.3. The number of rotatable bonds is 7. The first-order valence-corrected chi connectivity index (χ1v) is 14.0. The van der Waals surface area contributed by atoms with Gasteiger partial charge in [-0.05, 0) is 72.9 Å². The Labute approximate surface area is 244 Å². The quantitative estimate of drug-likeness (QED) is 0.248. The predicted octanol–water partition coefficient (Wildman–Crippen LogP) is 6.40. The number of carbonyl (C=O) groups excluding carboxylic acids is 2. The number of fused-ring (bicyclic) bond motifs is 4. The first-order valence-electron chi connectivity index (χ1n) is 14.0. The topological polar surface area (TPSA) is 95.3 Å². The fraction of sp³-hybridized carbons (Fsp3) is 0.235. The molecule has 8 heteroatoms. The first kappa shape index (κ1) is 27.2. The van der Waals surface area contributed by atoms with Crippen molar-refractivity contribution in [3.63, 3.8) is 0 Å². The molecule has 1 heterocycles. The number of aromatic nitrogens is 3. The Morgan fingerprint density at radius 1 is 0.857 bits per heavy atom. The highest BCUT2D eigenvalue weighted by molar-refractivity contribution is 5.93. The third-order valence-corrected chi connectivity index (χ3v) is 7.28. The van der Waals surface area contributed by atoms with Crippen molar-refractivity contribution >= 4 is 23.0 Å². The molecule has 1 amide bonds. The van der Waals surface area contributed by atoms with Crippen molar-refractivity contribution in [3.05, 3.63) is 114 Å². The number of nitrogens with one attached hydrogen (secondary N) is 1. The number of carbonyl (C=O) groups is 2. The second-order valence-corrected chi connectivity index (χ2v) is 11.4. The Kier molecular flexibility index (Phi) is 7.20. The Bertz CT molecular complexity index is 1710. The minimum atomic E-state index is -0.944. The summed E-state index contributed by atoms with van der Waals surface area (Å²) in [6.45, 7) is 6.09. The van der Waals surface area contributed by atoms with E-state index < -0.39 is 18.0 Å². The highest BCUT2D eigenvalue weighted by atomic mass is 16.5. The standard InChI is InChI=1S/C34H32N4O4/c1-34(2,3)42-23-18-16-22(17-19-23)20-30(32(39)38-31-15-9-8-14-29(31)36-37-38)35-33(40)41-21-28-26-12-6-4-10-24(26)25-11-5-7-13-27(25)28/h4-19,28,30H,20-21H2,1-3H3,(H,35,40)/t30-/m1/s1. The molecule has 0 fully saturated rings. The van der Waals surface area contributed by atoms with Gasteiger partial charge in [0.25, 0.3) is 5.91 Å². The highest BCUT2D eigenvalue weighted by Gasteiger charge is 2.30. The van der Waals surface area contributed by atoms with Crippen LogP contribution in [0.15, 0.2) is 97.1 Å². The third-order valence-electron chi connectivity index (χ3n) is 7.28. The molecular formula is C34H32N4O4. The number of benzene rings is 4. The molecular weight excluding hydrogens is 528 g/mol.